The van der Waals surface area contributed by atoms with Crippen molar-refractivity contribution in [1.29, 1.82) is 0 Å². The molecule has 1 aliphatic carbocycles. The minimum Gasteiger partial charge on any atom is -0.309 e. The molecular weight excluding hydrogens is 809 g/mol. The lowest BCUT2D eigenvalue weighted by Crippen LogP contribution is -2.17. The van der Waals surface area contributed by atoms with Crippen molar-refractivity contribution in [2.75, 3.05) is 9.80 Å². The largest absolute Gasteiger partial charge is 0.309 e. The van der Waals surface area contributed by atoms with Crippen LogP contribution in [0.15, 0.2) is 218 Å². The van der Waals surface area contributed by atoms with Gasteiger partial charge in [-0.1, -0.05) is 199 Å². The maximum Gasteiger partial charge on any atom is 0.0620 e. The second-order valence-corrected chi connectivity index (χ2v) is 19.4. The van der Waals surface area contributed by atoms with Crippen LogP contribution in [-0.2, 0) is 5.41 Å². The number of anilines is 6. The molecule has 0 N–H and O–H groups in total. The lowest BCUT2D eigenvalue weighted by Gasteiger charge is -2.34. The molecule has 0 fully saturated rings. The van der Waals surface area contributed by atoms with E-state index in [0.717, 1.165) is 28.4 Å². The molecule has 0 atom stereocenters. The Hall–Kier alpha value is -7.68. The molecule has 0 heterocycles. The lowest BCUT2D eigenvalue weighted by atomic mass is 9.81. The van der Waals surface area contributed by atoms with E-state index in [1.165, 1.54) is 82.9 Å². The molecular formula is C65H56N2. The highest BCUT2D eigenvalue weighted by atomic mass is 15.2. The van der Waals surface area contributed by atoms with Crippen LogP contribution in [0.25, 0.3) is 54.9 Å². The molecule has 0 saturated carbocycles. The number of hydrogen-bond acceptors (Lipinski definition) is 2. The minimum absolute atomic E-state index is 0.212. The number of benzene rings is 10. The molecule has 10 aromatic carbocycles. The number of rotatable bonds is 10. The Bertz CT molecular complexity index is 3420. The smallest absolute Gasteiger partial charge is 0.0620 e. The third-order valence-corrected chi connectivity index (χ3v) is 14.2. The van der Waals surface area contributed by atoms with Crippen LogP contribution < -0.4 is 9.80 Å². The third kappa shape index (κ3) is 7.38. The van der Waals surface area contributed by atoms with Gasteiger partial charge in [0.15, 0.2) is 0 Å². The average Bonchev–Trinajstić information content (AvgIpc) is 3.59. The van der Waals surface area contributed by atoms with E-state index in [-0.39, 0.29) is 5.41 Å². The summed E-state index contributed by atoms with van der Waals surface area (Å²) in [5, 5.41) is 4.76. The first-order valence-electron chi connectivity index (χ1n) is 23.9. The summed E-state index contributed by atoms with van der Waals surface area (Å²) in [7, 11) is 0. The quantitative estimate of drug-likeness (QED) is 0.0998. The molecule has 0 spiro atoms. The Morgan fingerprint density at radius 3 is 1.21 bits per heavy atom. The van der Waals surface area contributed by atoms with Crippen molar-refractivity contribution in [2.24, 2.45) is 0 Å². The van der Waals surface area contributed by atoms with Crippen molar-refractivity contribution in [3.8, 4) is 33.4 Å². The maximum atomic E-state index is 2.55. The van der Waals surface area contributed by atoms with Gasteiger partial charge in [0.25, 0.3) is 0 Å². The molecule has 0 aliphatic heterocycles. The molecule has 0 radical (unpaired) electrons. The highest BCUT2D eigenvalue weighted by Gasteiger charge is 2.37. The maximum absolute atomic E-state index is 2.55. The molecule has 11 rings (SSSR count). The van der Waals surface area contributed by atoms with Crippen LogP contribution in [-0.4, -0.2) is 0 Å². The Balaban J connectivity index is 1.28. The van der Waals surface area contributed by atoms with Crippen molar-refractivity contribution >= 4 is 55.7 Å². The molecule has 326 valence electrons. The van der Waals surface area contributed by atoms with E-state index in [1.54, 1.807) is 0 Å². The van der Waals surface area contributed by atoms with Crippen LogP contribution in [0, 0.1) is 0 Å². The van der Waals surface area contributed by atoms with Gasteiger partial charge in [-0.3, -0.25) is 0 Å². The molecule has 0 bridgehead atoms. The van der Waals surface area contributed by atoms with Gasteiger partial charge in [-0.05, 0) is 128 Å². The Morgan fingerprint density at radius 1 is 0.313 bits per heavy atom. The topological polar surface area (TPSA) is 6.48 Å². The first-order chi connectivity index (χ1) is 32.7. The fraction of sp³-hybridized carbons (Fsp3) is 0.138. The summed E-state index contributed by atoms with van der Waals surface area (Å²) in [6.07, 6.45) is 0. The molecule has 10 aromatic rings. The predicted molar refractivity (Wildman–Crippen MR) is 287 cm³/mol. The van der Waals surface area contributed by atoms with E-state index in [9.17, 15) is 0 Å². The second-order valence-electron chi connectivity index (χ2n) is 19.4. The molecule has 2 nitrogen and oxygen atoms in total. The highest BCUT2D eigenvalue weighted by molar-refractivity contribution is 6.24. The number of fused-ring (bicyclic) bond motifs is 5. The monoisotopic (exact) mass is 864 g/mol. The van der Waals surface area contributed by atoms with Crippen molar-refractivity contribution in [3.63, 3.8) is 0 Å². The van der Waals surface area contributed by atoms with Gasteiger partial charge in [0, 0.05) is 49.7 Å². The standard InChI is InChI=1S/C65H56N2/c1-43(2)45-31-35-51(36-32-45)66(53-25-17-23-49(39-53)47-19-9-7-10-20-47)63-56-28-13-14-29-57(56)64(60-42-62-58(41-59(60)63)55-27-15-16-30-61(55)65(62,5)6)67(52-37-33-46(34-38-52)44(3)4)54-26-18-24-50(40-54)48-21-11-8-12-22-48/h7-44H,1-6H3. The third-order valence-electron chi connectivity index (χ3n) is 14.2. The molecule has 0 unspecified atom stereocenters. The van der Waals surface area contributed by atoms with E-state index < -0.39 is 0 Å². The van der Waals surface area contributed by atoms with E-state index >= 15 is 0 Å². The highest BCUT2D eigenvalue weighted by Crippen LogP contribution is 2.56. The molecule has 0 saturated heterocycles. The van der Waals surface area contributed by atoms with E-state index in [2.05, 4.69) is 270 Å². The average molecular weight is 865 g/mol. The van der Waals surface area contributed by atoms with E-state index in [1.807, 2.05) is 0 Å². The Labute approximate surface area is 396 Å². The summed E-state index contributed by atoms with van der Waals surface area (Å²) < 4.78 is 0. The van der Waals surface area contributed by atoms with Gasteiger partial charge in [-0.2, -0.15) is 0 Å². The number of hydrogen-bond donors (Lipinski definition) is 0. The summed E-state index contributed by atoms with van der Waals surface area (Å²) in [5.74, 6) is 0.828. The Kier molecular flexibility index (Phi) is 10.6. The van der Waals surface area contributed by atoms with Crippen LogP contribution in [0.5, 0.6) is 0 Å². The van der Waals surface area contributed by atoms with Crippen LogP contribution in [0.2, 0.25) is 0 Å². The zero-order valence-electron chi connectivity index (χ0n) is 39.3. The zero-order chi connectivity index (χ0) is 45.8. The summed E-state index contributed by atoms with van der Waals surface area (Å²) in [6, 6.07) is 81.5. The summed E-state index contributed by atoms with van der Waals surface area (Å²) >= 11 is 0. The van der Waals surface area contributed by atoms with Crippen LogP contribution >= 0.6 is 0 Å². The summed E-state index contributed by atoms with van der Waals surface area (Å²) in [4.78, 5) is 5.06. The molecule has 0 aromatic heterocycles. The molecule has 1 aliphatic rings. The normalized spacial score (nSPS) is 12.7. The van der Waals surface area contributed by atoms with Crippen molar-refractivity contribution < 1.29 is 0 Å². The van der Waals surface area contributed by atoms with E-state index in [0.29, 0.717) is 11.8 Å². The van der Waals surface area contributed by atoms with Gasteiger partial charge in [0.05, 0.1) is 11.4 Å². The second kappa shape index (κ2) is 17.0. The summed E-state index contributed by atoms with van der Waals surface area (Å²) in [6.45, 7) is 13.9. The van der Waals surface area contributed by atoms with Crippen molar-refractivity contribution in [3.05, 3.63) is 241 Å². The first kappa shape index (κ1) is 42.0. The summed E-state index contributed by atoms with van der Waals surface area (Å²) in [5.41, 5.74) is 19.3. The van der Waals surface area contributed by atoms with Gasteiger partial charge < -0.3 is 9.80 Å². The fourth-order valence-electron chi connectivity index (χ4n) is 10.5. The van der Waals surface area contributed by atoms with Crippen molar-refractivity contribution in [2.45, 2.75) is 58.8 Å². The first-order valence-corrected chi connectivity index (χ1v) is 23.9. The van der Waals surface area contributed by atoms with Crippen LogP contribution in [0.1, 0.15) is 75.6 Å². The minimum atomic E-state index is -0.212. The van der Waals surface area contributed by atoms with Gasteiger partial charge in [-0.15, -0.1) is 0 Å². The SMILES string of the molecule is CC(C)c1ccc(N(c2cccc(-c3ccccc3)c2)c2c3ccccc3c(N(c3ccc(C(C)C)cc3)c3cccc(-c4ccccc4)c3)c3cc4c(cc23)-c2ccccc2C4(C)C)cc1. The fourth-order valence-corrected chi connectivity index (χ4v) is 10.5. The van der Waals surface area contributed by atoms with Gasteiger partial charge in [0.1, 0.15) is 0 Å². The van der Waals surface area contributed by atoms with Crippen molar-refractivity contribution in [1.82, 2.24) is 0 Å². The van der Waals surface area contributed by atoms with Gasteiger partial charge in [0.2, 0.25) is 0 Å². The van der Waals surface area contributed by atoms with E-state index in [4.69, 9.17) is 0 Å². The zero-order valence-corrected chi connectivity index (χ0v) is 39.3. The van der Waals surface area contributed by atoms with Crippen LogP contribution in [0.3, 0.4) is 0 Å². The Morgan fingerprint density at radius 2 is 0.731 bits per heavy atom. The molecule has 2 heteroatoms. The lowest BCUT2D eigenvalue weighted by molar-refractivity contribution is 0.661. The molecule has 0 amide bonds. The molecule has 67 heavy (non-hydrogen) atoms. The van der Waals surface area contributed by atoms with Crippen LogP contribution in [0.4, 0.5) is 34.1 Å². The predicted octanol–water partition coefficient (Wildman–Crippen LogP) is 18.8. The van der Waals surface area contributed by atoms with Gasteiger partial charge >= 0.3 is 0 Å². The number of nitrogens with zero attached hydrogens (tertiary/aromatic N) is 2. The van der Waals surface area contributed by atoms with Gasteiger partial charge in [-0.25, -0.2) is 0 Å².